The number of halogens is 2. The van der Waals surface area contributed by atoms with Crippen molar-refractivity contribution in [3.05, 3.63) is 38.2 Å². The number of benzene rings is 1. The fraction of sp³-hybridized carbons (Fsp3) is 0.125. The van der Waals surface area contributed by atoms with Gasteiger partial charge in [-0.25, -0.2) is 14.4 Å². The first-order chi connectivity index (χ1) is 12.9. The number of ether oxygens (including phenoxy) is 1. The summed E-state index contributed by atoms with van der Waals surface area (Å²) in [6.45, 7) is 0. The molecule has 0 radical (unpaired) electrons. The van der Waals surface area contributed by atoms with Gasteiger partial charge in [0.25, 0.3) is 0 Å². The van der Waals surface area contributed by atoms with E-state index in [4.69, 9.17) is 21.5 Å². The largest absolute Gasteiger partial charge is 0.493 e. The Labute approximate surface area is 167 Å². The molecule has 2 heterocycles. The third-order valence-corrected chi connectivity index (χ3v) is 4.77. The summed E-state index contributed by atoms with van der Waals surface area (Å²) in [6, 6.07) is 4.23. The second-order valence-corrected chi connectivity index (χ2v) is 6.55. The van der Waals surface area contributed by atoms with E-state index in [0.717, 1.165) is 0 Å². The number of nitrogens with two attached hydrogens (primary N) is 2. The van der Waals surface area contributed by atoms with Crippen LogP contribution in [0.3, 0.4) is 0 Å². The van der Waals surface area contributed by atoms with Crippen molar-refractivity contribution in [2.45, 2.75) is 6.04 Å². The summed E-state index contributed by atoms with van der Waals surface area (Å²) in [7, 11) is 1.34. The number of nitrogen functional groups attached to an aromatic ring is 2. The zero-order valence-corrected chi connectivity index (χ0v) is 16.0. The molecular formula is C16H12FIN8O. The van der Waals surface area contributed by atoms with Crippen LogP contribution in [-0.2, 0) is 0 Å². The predicted molar refractivity (Wildman–Crippen MR) is 105 cm³/mol. The summed E-state index contributed by atoms with van der Waals surface area (Å²) in [5, 5.41) is 23.4. The van der Waals surface area contributed by atoms with E-state index in [1.165, 1.54) is 7.11 Å². The number of pyridine rings is 1. The second-order valence-electron chi connectivity index (χ2n) is 5.39. The number of hydrogen-bond acceptors (Lipinski definition) is 9. The highest BCUT2D eigenvalue weighted by Gasteiger charge is 2.32. The lowest BCUT2D eigenvalue weighted by Gasteiger charge is -2.27. The number of nitriles is 2. The molecule has 0 amide bonds. The Morgan fingerprint density at radius 1 is 1.37 bits per heavy atom. The molecule has 0 bridgehead atoms. The van der Waals surface area contributed by atoms with E-state index in [0.29, 0.717) is 14.7 Å². The smallest absolute Gasteiger partial charge is 0.211 e. The highest BCUT2D eigenvalue weighted by Crippen LogP contribution is 2.44. The Morgan fingerprint density at radius 3 is 2.74 bits per heavy atom. The summed E-state index contributed by atoms with van der Waals surface area (Å²) < 4.78 is 20.2. The number of methoxy groups -OCH3 is 1. The van der Waals surface area contributed by atoms with Crippen molar-refractivity contribution in [1.82, 2.24) is 10.3 Å². The van der Waals surface area contributed by atoms with Gasteiger partial charge in [0.1, 0.15) is 29.3 Å². The summed E-state index contributed by atoms with van der Waals surface area (Å²) in [5.74, 6) is -0.355. The lowest BCUT2D eigenvalue weighted by Crippen LogP contribution is -2.33. The van der Waals surface area contributed by atoms with Crippen LogP contribution in [0.5, 0.6) is 5.75 Å². The van der Waals surface area contributed by atoms with Crippen LogP contribution in [0.4, 0.5) is 21.7 Å². The van der Waals surface area contributed by atoms with Gasteiger partial charge in [-0.15, -0.1) is 0 Å². The van der Waals surface area contributed by atoms with Crippen LogP contribution in [0.1, 0.15) is 22.7 Å². The van der Waals surface area contributed by atoms with Crippen LogP contribution < -0.4 is 26.8 Å². The van der Waals surface area contributed by atoms with Gasteiger partial charge in [-0.3, -0.25) is 5.32 Å². The van der Waals surface area contributed by atoms with Gasteiger partial charge in [0.15, 0.2) is 17.8 Å². The average Bonchev–Trinajstić information content (AvgIpc) is 2.63. The van der Waals surface area contributed by atoms with Gasteiger partial charge >= 0.3 is 0 Å². The fourth-order valence-electron chi connectivity index (χ4n) is 2.78. The molecule has 9 nitrogen and oxygen atoms in total. The lowest BCUT2D eigenvalue weighted by molar-refractivity contribution is 0.378. The Kier molecular flexibility index (Phi) is 4.87. The van der Waals surface area contributed by atoms with Gasteiger partial charge in [-0.05, 0) is 28.7 Å². The molecule has 1 atom stereocenters. The molecule has 1 aromatic heterocycles. The molecule has 0 saturated heterocycles. The quantitative estimate of drug-likeness (QED) is 0.289. The van der Waals surface area contributed by atoms with E-state index in [1.807, 2.05) is 28.7 Å². The highest BCUT2D eigenvalue weighted by atomic mass is 127. The molecule has 1 aliphatic rings. The highest BCUT2D eigenvalue weighted by molar-refractivity contribution is 14.1. The van der Waals surface area contributed by atoms with Gasteiger partial charge in [0.05, 0.1) is 16.4 Å². The van der Waals surface area contributed by atoms with Crippen LogP contribution >= 0.6 is 22.6 Å². The third-order valence-electron chi connectivity index (χ3n) is 3.94. The Bertz CT molecular complexity index is 1060. The van der Waals surface area contributed by atoms with Gasteiger partial charge < -0.3 is 21.5 Å². The molecule has 1 aliphatic heterocycles. The fourth-order valence-corrected chi connectivity index (χ4v) is 3.20. The lowest BCUT2D eigenvalue weighted by atomic mass is 9.94. The Hall–Kier alpha value is -3.32. The van der Waals surface area contributed by atoms with Crippen molar-refractivity contribution in [3.63, 3.8) is 0 Å². The molecule has 0 fully saturated rings. The maximum absolute atomic E-state index is 14.6. The molecule has 6 N–H and O–H groups in total. The van der Waals surface area contributed by atoms with E-state index in [2.05, 4.69) is 20.6 Å². The summed E-state index contributed by atoms with van der Waals surface area (Å²) in [4.78, 5) is 8.53. The SMILES string of the molecule is COc1c(C2N=C(NC#N)Nc3nc(N)c(C#N)c(N)c32)ccc(I)c1F. The molecule has 0 aliphatic carbocycles. The zero-order valence-electron chi connectivity index (χ0n) is 13.8. The van der Waals surface area contributed by atoms with Gasteiger partial charge in [-0.2, -0.15) is 10.5 Å². The minimum Gasteiger partial charge on any atom is -0.493 e. The molecule has 2 aromatic rings. The first-order valence-electron chi connectivity index (χ1n) is 7.43. The van der Waals surface area contributed by atoms with Crippen LogP contribution in [0.2, 0.25) is 0 Å². The number of fused-ring (bicyclic) bond motifs is 1. The average molecular weight is 478 g/mol. The minimum absolute atomic E-state index is 0.00241. The summed E-state index contributed by atoms with van der Waals surface area (Å²) >= 11 is 1.85. The molecule has 136 valence electrons. The number of rotatable bonds is 2. The topological polar surface area (TPSA) is 158 Å². The van der Waals surface area contributed by atoms with Crippen molar-refractivity contribution in [3.8, 4) is 18.0 Å². The van der Waals surface area contributed by atoms with Crippen LogP contribution in [0, 0.1) is 32.2 Å². The predicted octanol–water partition coefficient (Wildman–Crippen LogP) is 1.81. The number of nitrogens with one attached hydrogen (secondary N) is 2. The third kappa shape index (κ3) is 3.02. The van der Waals surface area contributed by atoms with Crippen molar-refractivity contribution in [2.24, 2.45) is 4.99 Å². The number of aromatic nitrogens is 1. The molecule has 27 heavy (non-hydrogen) atoms. The molecule has 1 unspecified atom stereocenters. The van der Waals surface area contributed by atoms with Crippen LogP contribution in [0.25, 0.3) is 0 Å². The maximum Gasteiger partial charge on any atom is 0.211 e. The summed E-state index contributed by atoms with van der Waals surface area (Å²) in [5.41, 5.74) is 12.7. The minimum atomic E-state index is -0.876. The second kappa shape index (κ2) is 7.13. The number of anilines is 3. The zero-order chi connectivity index (χ0) is 19.7. The standard InChI is InChI=1S/C16H12FIN8O/c1-27-13-6(2-3-8(18)10(13)17)12-9-11(21)7(4-19)14(22)25-15(9)26-16(24-12)23-5-20/h2-3,12H,1H3,(H6,21,22,23,24,25,26). The molecule has 3 rings (SSSR count). The number of hydrogen-bond donors (Lipinski definition) is 4. The molecule has 1 aromatic carbocycles. The van der Waals surface area contributed by atoms with E-state index in [1.54, 1.807) is 18.3 Å². The van der Waals surface area contributed by atoms with E-state index in [9.17, 15) is 9.65 Å². The van der Waals surface area contributed by atoms with Crippen molar-refractivity contribution >= 4 is 45.9 Å². The van der Waals surface area contributed by atoms with Gasteiger partial charge in [0.2, 0.25) is 5.96 Å². The summed E-state index contributed by atoms with van der Waals surface area (Å²) in [6.07, 6.45) is 1.75. The molecular weight excluding hydrogens is 466 g/mol. The Balaban J connectivity index is 2.32. The number of nitrogens with zero attached hydrogens (tertiary/aromatic N) is 4. The van der Waals surface area contributed by atoms with Gasteiger partial charge in [-0.1, -0.05) is 6.07 Å². The normalized spacial score (nSPS) is 14.9. The van der Waals surface area contributed by atoms with E-state index in [-0.39, 0.29) is 34.6 Å². The molecule has 0 saturated carbocycles. The number of aliphatic imine (C=N–C) groups is 1. The van der Waals surface area contributed by atoms with E-state index < -0.39 is 11.9 Å². The maximum atomic E-state index is 14.6. The van der Waals surface area contributed by atoms with Crippen LogP contribution in [0.15, 0.2) is 17.1 Å². The van der Waals surface area contributed by atoms with E-state index >= 15 is 0 Å². The first kappa shape index (κ1) is 18.5. The monoisotopic (exact) mass is 478 g/mol. The first-order valence-corrected chi connectivity index (χ1v) is 8.51. The van der Waals surface area contributed by atoms with Crippen molar-refractivity contribution in [2.75, 3.05) is 23.9 Å². The van der Waals surface area contributed by atoms with Gasteiger partial charge in [0, 0.05) is 11.1 Å². The molecule has 11 heteroatoms. The van der Waals surface area contributed by atoms with Crippen LogP contribution in [-0.4, -0.2) is 18.1 Å². The van der Waals surface area contributed by atoms with Crippen molar-refractivity contribution in [1.29, 1.82) is 10.5 Å². The number of guanidine groups is 1. The van der Waals surface area contributed by atoms with Crippen molar-refractivity contribution < 1.29 is 9.13 Å². The Morgan fingerprint density at radius 2 is 2.11 bits per heavy atom. The molecule has 0 spiro atoms.